The van der Waals surface area contributed by atoms with Gasteiger partial charge in [-0.2, -0.15) is 5.10 Å². The Morgan fingerprint density at radius 1 is 1.62 bits per heavy atom. The minimum Gasteiger partial charge on any atom is -0.356 e. The smallest absolute Gasteiger partial charge is 0.221 e. The third-order valence-electron chi connectivity index (χ3n) is 2.30. The Morgan fingerprint density at radius 2 is 2.31 bits per heavy atom. The molecule has 4 nitrogen and oxygen atoms in total. The molecule has 1 aromatic heterocycles. The molecule has 0 saturated carbocycles. The quantitative estimate of drug-likeness (QED) is 0.902. The molecule has 1 aromatic rings. The Kier molecular flexibility index (Phi) is 4.99. The standard InChI is InChI=1S/C11H18BrN3O/c1-8(2)6-13-11(16)4-5-15-9(3)10(12)7-14-15/h7-8H,4-6H2,1-3H3,(H,13,16). The fourth-order valence-electron chi connectivity index (χ4n) is 1.26. The molecule has 0 atom stereocenters. The minimum absolute atomic E-state index is 0.0831. The van der Waals surface area contributed by atoms with Crippen LogP contribution in [0.15, 0.2) is 10.7 Å². The van der Waals surface area contributed by atoms with Crippen LogP contribution in [0.25, 0.3) is 0 Å². The van der Waals surface area contributed by atoms with Crippen LogP contribution in [0.4, 0.5) is 0 Å². The van der Waals surface area contributed by atoms with Gasteiger partial charge in [-0.05, 0) is 28.8 Å². The van der Waals surface area contributed by atoms with Crippen LogP contribution in [0.5, 0.6) is 0 Å². The molecule has 5 heteroatoms. The van der Waals surface area contributed by atoms with E-state index in [2.05, 4.69) is 40.2 Å². The van der Waals surface area contributed by atoms with Crippen molar-refractivity contribution in [1.29, 1.82) is 0 Å². The number of carbonyl (C=O) groups excluding carboxylic acids is 1. The van der Waals surface area contributed by atoms with Gasteiger partial charge in [0, 0.05) is 25.2 Å². The van der Waals surface area contributed by atoms with Crippen molar-refractivity contribution < 1.29 is 4.79 Å². The van der Waals surface area contributed by atoms with Crippen LogP contribution < -0.4 is 5.32 Å². The Morgan fingerprint density at radius 3 is 2.81 bits per heavy atom. The molecule has 1 rings (SSSR count). The van der Waals surface area contributed by atoms with E-state index in [0.29, 0.717) is 18.9 Å². The molecule has 1 heterocycles. The zero-order valence-electron chi connectivity index (χ0n) is 9.96. The van der Waals surface area contributed by atoms with Crippen molar-refractivity contribution in [3.63, 3.8) is 0 Å². The average molecular weight is 288 g/mol. The molecule has 0 unspecified atom stereocenters. The molecule has 1 amide bonds. The topological polar surface area (TPSA) is 46.9 Å². The summed E-state index contributed by atoms with van der Waals surface area (Å²) in [6, 6.07) is 0. The summed E-state index contributed by atoms with van der Waals surface area (Å²) >= 11 is 3.39. The summed E-state index contributed by atoms with van der Waals surface area (Å²) in [7, 11) is 0. The van der Waals surface area contributed by atoms with Gasteiger partial charge in [0.25, 0.3) is 0 Å². The third kappa shape index (κ3) is 3.96. The Balaban J connectivity index is 2.34. The van der Waals surface area contributed by atoms with Crippen LogP contribution in [0.3, 0.4) is 0 Å². The molecule has 90 valence electrons. The summed E-state index contributed by atoms with van der Waals surface area (Å²) in [5.74, 6) is 0.573. The van der Waals surface area contributed by atoms with Crippen molar-refractivity contribution in [2.24, 2.45) is 5.92 Å². The molecule has 0 radical (unpaired) electrons. The lowest BCUT2D eigenvalue weighted by Gasteiger charge is -2.08. The first-order valence-corrected chi connectivity index (χ1v) is 6.24. The number of amides is 1. The van der Waals surface area contributed by atoms with E-state index >= 15 is 0 Å². The summed E-state index contributed by atoms with van der Waals surface area (Å²) in [5.41, 5.74) is 1.05. The number of aryl methyl sites for hydroxylation is 1. The molecule has 0 spiro atoms. The molecule has 16 heavy (non-hydrogen) atoms. The van der Waals surface area contributed by atoms with Crippen molar-refractivity contribution in [2.45, 2.75) is 33.7 Å². The van der Waals surface area contributed by atoms with E-state index in [0.717, 1.165) is 16.7 Å². The second-order valence-corrected chi connectivity index (χ2v) is 5.10. The maximum absolute atomic E-state index is 11.5. The van der Waals surface area contributed by atoms with Crippen LogP contribution in [0.1, 0.15) is 26.0 Å². The number of hydrogen-bond acceptors (Lipinski definition) is 2. The van der Waals surface area contributed by atoms with Gasteiger partial charge in [-0.1, -0.05) is 13.8 Å². The van der Waals surface area contributed by atoms with Crippen LogP contribution in [-0.2, 0) is 11.3 Å². The largest absolute Gasteiger partial charge is 0.356 e. The van der Waals surface area contributed by atoms with E-state index in [1.807, 2.05) is 11.6 Å². The number of halogens is 1. The molecule has 0 saturated heterocycles. The van der Waals surface area contributed by atoms with E-state index in [-0.39, 0.29) is 5.91 Å². The first-order chi connectivity index (χ1) is 7.50. The van der Waals surface area contributed by atoms with E-state index < -0.39 is 0 Å². The predicted molar refractivity (Wildman–Crippen MR) is 67.1 cm³/mol. The fourth-order valence-corrected chi connectivity index (χ4v) is 1.56. The van der Waals surface area contributed by atoms with Gasteiger partial charge in [-0.3, -0.25) is 9.48 Å². The fraction of sp³-hybridized carbons (Fsp3) is 0.636. The van der Waals surface area contributed by atoms with Crippen molar-refractivity contribution in [1.82, 2.24) is 15.1 Å². The molecule has 0 aliphatic rings. The van der Waals surface area contributed by atoms with E-state index in [1.165, 1.54) is 0 Å². The van der Waals surface area contributed by atoms with Crippen LogP contribution in [-0.4, -0.2) is 22.2 Å². The highest BCUT2D eigenvalue weighted by Crippen LogP contribution is 2.14. The van der Waals surface area contributed by atoms with Crippen LogP contribution >= 0.6 is 15.9 Å². The molecule has 0 aliphatic carbocycles. The van der Waals surface area contributed by atoms with Gasteiger partial charge in [-0.15, -0.1) is 0 Å². The number of carbonyl (C=O) groups is 1. The summed E-state index contributed by atoms with van der Waals surface area (Å²) in [6.07, 6.45) is 2.23. The number of rotatable bonds is 5. The highest BCUT2D eigenvalue weighted by Gasteiger charge is 2.06. The molecule has 0 aliphatic heterocycles. The number of nitrogens with zero attached hydrogens (tertiary/aromatic N) is 2. The number of nitrogens with one attached hydrogen (secondary N) is 1. The van der Waals surface area contributed by atoms with Gasteiger partial charge < -0.3 is 5.32 Å². The number of hydrogen-bond donors (Lipinski definition) is 1. The normalized spacial score (nSPS) is 10.8. The summed E-state index contributed by atoms with van der Waals surface area (Å²) in [4.78, 5) is 11.5. The predicted octanol–water partition coefficient (Wildman–Crippen LogP) is 2.12. The Bertz CT molecular complexity index is 360. The second kappa shape index (κ2) is 6.03. The first kappa shape index (κ1) is 13.2. The van der Waals surface area contributed by atoms with Crippen molar-refractivity contribution in [3.05, 3.63) is 16.4 Å². The zero-order valence-corrected chi connectivity index (χ0v) is 11.5. The molecule has 0 bridgehead atoms. The lowest BCUT2D eigenvalue weighted by molar-refractivity contribution is -0.121. The second-order valence-electron chi connectivity index (χ2n) is 4.25. The lowest BCUT2D eigenvalue weighted by atomic mass is 10.2. The van der Waals surface area contributed by atoms with Crippen molar-refractivity contribution >= 4 is 21.8 Å². The van der Waals surface area contributed by atoms with Gasteiger partial charge in [0.15, 0.2) is 0 Å². The monoisotopic (exact) mass is 287 g/mol. The lowest BCUT2D eigenvalue weighted by Crippen LogP contribution is -2.28. The van der Waals surface area contributed by atoms with Crippen LogP contribution in [0, 0.1) is 12.8 Å². The number of aromatic nitrogens is 2. The van der Waals surface area contributed by atoms with Gasteiger partial charge >= 0.3 is 0 Å². The zero-order chi connectivity index (χ0) is 12.1. The van der Waals surface area contributed by atoms with Gasteiger partial charge in [0.2, 0.25) is 5.91 Å². The molecule has 0 aromatic carbocycles. The molecule has 1 N–H and O–H groups in total. The van der Waals surface area contributed by atoms with E-state index in [1.54, 1.807) is 6.20 Å². The molecular weight excluding hydrogens is 270 g/mol. The Hall–Kier alpha value is -0.840. The third-order valence-corrected chi connectivity index (χ3v) is 3.08. The highest BCUT2D eigenvalue weighted by atomic mass is 79.9. The van der Waals surface area contributed by atoms with Gasteiger partial charge in [-0.25, -0.2) is 0 Å². The SMILES string of the molecule is Cc1c(Br)cnn1CCC(=O)NCC(C)C. The molecule has 0 fully saturated rings. The van der Waals surface area contributed by atoms with Crippen molar-refractivity contribution in [2.75, 3.05) is 6.54 Å². The molecular formula is C11H18BrN3O. The summed E-state index contributed by atoms with van der Waals surface area (Å²) < 4.78 is 2.81. The maximum Gasteiger partial charge on any atom is 0.221 e. The van der Waals surface area contributed by atoms with Crippen molar-refractivity contribution in [3.8, 4) is 0 Å². The summed E-state index contributed by atoms with van der Waals surface area (Å²) in [5, 5.41) is 7.06. The Labute approximate surface area is 105 Å². The minimum atomic E-state index is 0.0831. The average Bonchev–Trinajstić information content (AvgIpc) is 2.54. The van der Waals surface area contributed by atoms with E-state index in [4.69, 9.17) is 0 Å². The first-order valence-electron chi connectivity index (χ1n) is 5.45. The van der Waals surface area contributed by atoms with Crippen LogP contribution in [0.2, 0.25) is 0 Å². The summed E-state index contributed by atoms with van der Waals surface area (Å²) in [6.45, 7) is 7.50. The van der Waals surface area contributed by atoms with Gasteiger partial charge in [0.1, 0.15) is 0 Å². The highest BCUT2D eigenvalue weighted by molar-refractivity contribution is 9.10. The van der Waals surface area contributed by atoms with Gasteiger partial charge in [0.05, 0.1) is 10.7 Å². The van der Waals surface area contributed by atoms with E-state index in [9.17, 15) is 4.79 Å². The maximum atomic E-state index is 11.5.